The van der Waals surface area contributed by atoms with Gasteiger partial charge in [0.25, 0.3) is 6.47 Å². The second-order valence-electron chi connectivity index (χ2n) is 7.33. The number of nitrogens with two attached hydrogens (primary N) is 1. The number of nitrogens with zero attached hydrogens (tertiary/aromatic N) is 4. The van der Waals surface area contributed by atoms with Crippen LogP contribution in [-0.4, -0.2) is 40.8 Å². The maximum absolute atomic E-state index is 10.6. The lowest BCUT2D eigenvalue weighted by molar-refractivity contribution is -0.135. The zero-order chi connectivity index (χ0) is 28.5. The van der Waals surface area contributed by atoms with Gasteiger partial charge < -0.3 is 15.2 Å². The summed E-state index contributed by atoms with van der Waals surface area (Å²) < 4.78 is 3.93. The second-order valence-corrected chi connectivity index (χ2v) is 7.74. The summed E-state index contributed by atoms with van der Waals surface area (Å²) >= 11 is 6.03. The number of hydrogen-bond acceptors (Lipinski definition) is 9. The average Bonchev–Trinajstić information content (AvgIpc) is 2.98. The zero-order valence-corrected chi connectivity index (χ0v) is 21.2. The summed E-state index contributed by atoms with van der Waals surface area (Å²) in [5.74, 6) is -0.928. The first-order valence-electron chi connectivity index (χ1n) is 11.2. The fraction of sp³-hybridized carbons (Fsp3) is 0.0714. The first kappa shape index (κ1) is 29.9. The van der Waals surface area contributed by atoms with Gasteiger partial charge in [-0.15, -0.1) is 0 Å². The van der Waals surface area contributed by atoms with E-state index >= 15 is 0 Å². The number of nitriles is 2. The molecule has 0 amide bonds. The van der Waals surface area contributed by atoms with Gasteiger partial charge in [-0.25, -0.2) is 0 Å². The number of benzene rings is 2. The van der Waals surface area contributed by atoms with E-state index in [2.05, 4.69) is 37.9 Å². The molecule has 196 valence electrons. The molecule has 2 aromatic heterocycles. The molecular weight excluding hydrogens is 520 g/mol. The Morgan fingerprint density at radius 2 is 1.44 bits per heavy atom. The fourth-order valence-corrected chi connectivity index (χ4v) is 3.24. The van der Waals surface area contributed by atoms with Crippen LogP contribution in [0, 0.1) is 22.7 Å². The summed E-state index contributed by atoms with van der Waals surface area (Å²) in [5, 5.41) is 29.6. The van der Waals surface area contributed by atoms with Gasteiger partial charge in [0.15, 0.2) is 0 Å². The molecule has 2 aromatic carbocycles. The van der Waals surface area contributed by atoms with E-state index in [1.54, 1.807) is 61.2 Å². The molecule has 10 nitrogen and oxygen atoms in total. The van der Waals surface area contributed by atoms with Crippen LogP contribution in [-0.2, 0) is 14.3 Å². The van der Waals surface area contributed by atoms with Gasteiger partial charge in [0.2, 0.25) is 0 Å². The van der Waals surface area contributed by atoms with Crippen molar-refractivity contribution in [2.45, 2.75) is 0 Å². The highest BCUT2D eigenvalue weighted by atomic mass is 35.5. The largest absolute Gasteiger partial charge is 0.480 e. The third kappa shape index (κ3) is 9.94. The maximum atomic E-state index is 10.6. The van der Waals surface area contributed by atoms with E-state index in [1.807, 2.05) is 24.3 Å². The summed E-state index contributed by atoms with van der Waals surface area (Å²) in [4.78, 5) is 27.7. The summed E-state index contributed by atoms with van der Waals surface area (Å²) in [6.45, 7) is 0.122. The second kappa shape index (κ2) is 16.5. The number of aliphatic carboxylic acids is 1. The lowest BCUT2D eigenvalue weighted by Crippen LogP contribution is -2.12. The van der Waals surface area contributed by atoms with E-state index in [4.69, 9.17) is 32.0 Å². The van der Waals surface area contributed by atoms with E-state index in [0.29, 0.717) is 28.3 Å². The Morgan fingerprint density at radius 3 is 1.87 bits per heavy atom. The molecule has 0 saturated carbocycles. The fourth-order valence-electron chi connectivity index (χ4n) is 3.03. The van der Waals surface area contributed by atoms with Crippen LogP contribution in [0.2, 0.25) is 5.02 Å². The van der Waals surface area contributed by atoms with Crippen molar-refractivity contribution in [2.75, 3.05) is 18.6 Å². The van der Waals surface area contributed by atoms with Gasteiger partial charge in [0.05, 0.1) is 28.3 Å². The van der Waals surface area contributed by atoms with Crippen molar-refractivity contribution in [3.05, 3.63) is 102 Å². The first-order valence-corrected chi connectivity index (χ1v) is 11.6. The van der Waals surface area contributed by atoms with E-state index in [9.17, 15) is 4.79 Å². The predicted molar refractivity (Wildman–Crippen MR) is 146 cm³/mol. The summed E-state index contributed by atoms with van der Waals surface area (Å²) in [6.07, 6.45) is 6.61. The van der Waals surface area contributed by atoms with Crippen molar-refractivity contribution < 1.29 is 19.4 Å². The molecule has 0 aliphatic rings. The Bertz CT molecular complexity index is 1450. The van der Waals surface area contributed by atoms with Crippen molar-refractivity contribution in [1.82, 2.24) is 9.97 Å². The molecule has 0 atom stereocenters. The summed E-state index contributed by atoms with van der Waals surface area (Å²) in [7, 11) is 0. The molecule has 0 fully saturated rings. The van der Waals surface area contributed by atoms with Crippen LogP contribution in [0.4, 0.5) is 5.69 Å². The van der Waals surface area contributed by atoms with Crippen molar-refractivity contribution in [3.8, 4) is 34.4 Å². The van der Waals surface area contributed by atoms with Crippen LogP contribution in [0.3, 0.4) is 0 Å². The van der Waals surface area contributed by atoms with Crippen LogP contribution in [0.1, 0.15) is 11.1 Å². The Kier molecular flexibility index (Phi) is 12.6. The maximum Gasteiger partial charge on any atom is 0.322 e. The van der Waals surface area contributed by atoms with Crippen LogP contribution < -0.4 is 11.1 Å². The molecule has 4 N–H and O–H groups in total. The predicted octanol–water partition coefficient (Wildman–Crippen LogP) is 4.47. The quantitative estimate of drug-likeness (QED) is 0.223. The normalized spacial score (nSPS) is 9.23. The van der Waals surface area contributed by atoms with Crippen molar-refractivity contribution in [3.63, 3.8) is 0 Å². The number of hydrogen-bond donors (Lipinski definition) is 3. The molecule has 2 heterocycles. The number of carboxylic acids is 1. The van der Waals surface area contributed by atoms with Crippen LogP contribution >= 0.6 is 11.6 Å². The topological polar surface area (TPSA) is 175 Å². The molecule has 0 saturated heterocycles. The first-order chi connectivity index (χ1) is 18.9. The number of carbonyl (C=O) groups excluding carboxylic acids is 1. The zero-order valence-electron chi connectivity index (χ0n) is 20.5. The number of pyridine rings is 2. The van der Waals surface area contributed by atoms with Gasteiger partial charge in [0.1, 0.15) is 13.3 Å². The van der Waals surface area contributed by atoms with E-state index in [-0.39, 0.29) is 13.3 Å². The van der Waals surface area contributed by atoms with Crippen molar-refractivity contribution in [1.29, 1.82) is 10.5 Å². The lowest BCUT2D eigenvalue weighted by atomic mass is 10.0. The minimum atomic E-state index is -0.928. The molecule has 39 heavy (non-hydrogen) atoms. The Labute approximate surface area is 229 Å². The van der Waals surface area contributed by atoms with Crippen molar-refractivity contribution in [2.24, 2.45) is 5.73 Å². The average molecular weight is 543 g/mol. The number of ether oxygens (including phenoxy) is 1. The summed E-state index contributed by atoms with van der Waals surface area (Å²) in [5.41, 5.74) is 10.1. The number of nitrogens with one attached hydrogen (secondary N) is 1. The van der Waals surface area contributed by atoms with Gasteiger partial charge in [-0.3, -0.25) is 25.3 Å². The molecular formula is C28H23ClN6O4. The lowest BCUT2D eigenvalue weighted by Gasteiger charge is -2.10. The molecule has 0 unspecified atom stereocenters. The molecule has 0 radical (unpaired) electrons. The number of halogens is 1. The number of carboxylic acid groups (broad SMARTS) is 1. The standard InChI is InChI=1S/C14H11N3O2.C12H7ClN2.C2H5NO2/c15-7-10-1-3-11(4-2-10)12-8-16-6-5-13(12)17-9-14(18)19;13-12-5-6-15-8-11(12)10-3-1-9(7-14)2-4-10;3-1-5-2-4/h1-6,8H,9H2,(H,16,17)(H,18,19);1-6,8H;2H,1,3H2. The molecule has 4 aromatic rings. The number of rotatable bonds is 7. The molecule has 0 aliphatic carbocycles. The van der Waals surface area contributed by atoms with Gasteiger partial charge in [-0.05, 0) is 47.5 Å². The number of aromatic nitrogens is 2. The minimum absolute atomic E-state index is 0.0243. The third-order valence-corrected chi connectivity index (χ3v) is 5.16. The number of anilines is 1. The minimum Gasteiger partial charge on any atom is -0.480 e. The molecule has 0 bridgehead atoms. The van der Waals surface area contributed by atoms with E-state index < -0.39 is 5.97 Å². The van der Waals surface area contributed by atoms with Crippen LogP contribution in [0.5, 0.6) is 0 Å². The summed E-state index contributed by atoms with van der Waals surface area (Å²) in [6, 6.07) is 21.9. The van der Waals surface area contributed by atoms with Crippen molar-refractivity contribution >= 4 is 29.7 Å². The third-order valence-electron chi connectivity index (χ3n) is 4.83. The SMILES string of the molecule is N#Cc1ccc(-c2cnccc2Cl)cc1.N#Cc1ccc(-c2cnccc2NCC(=O)O)cc1.NCOC=O. The van der Waals surface area contributed by atoms with Crippen LogP contribution in [0.15, 0.2) is 85.5 Å². The molecule has 11 heteroatoms. The van der Waals surface area contributed by atoms with E-state index in [0.717, 1.165) is 22.3 Å². The van der Waals surface area contributed by atoms with Gasteiger partial charge >= 0.3 is 5.97 Å². The Morgan fingerprint density at radius 1 is 0.923 bits per heavy atom. The highest BCUT2D eigenvalue weighted by Crippen LogP contribution is 2.27. The highest BCUT2D eigenvalue weighted by Gasteiger charge is 2.06. The Balaban J connectivity index is 0.000000238. The Hall–Kier alpha value is -5.29. The highest BCUT2D eigenvalue weighted by molar-refractivity contribution is 6.33. The van der Waals surface area contributed by atoms with Gasteiger partial charge in [-0.2, -0.15) is 10.5 Å². The van der Waals surface area contributed by atoms with Crippen LogP contribution in [0.25, 0.3) is 22.3 Å². The molecule has 0 spiro atoms. The van der Waals surface area contributed by atoms with Gasteiger partial charge in [-0.1, -0.05) is 35.9 Å². The van der Waals surface area contributed by atoms with Gasteiger partial charge in [0, 0.05) is 41.6 Å². The molecule has 0 aliphatic heterocycles. The molecule has 4 rings (SSSR count). The monoisotopic (exact) mass is 542 g/mol. The number of carbonyl (C=O) groups is 2. The van der Waals surface area contributed by atoms with E-state index in [1.165, 1.54) is 0 Å². The smallest absolute Gasteiger partial charge is 0.322 e.